The fourth-order valence-corrected chi connectivity index (χ4v) is 4.14. The summed E-state index contributed by atoms with van der Waals surface area (Å²) < 4.78 is 81.7. The summed E-state index contributed by atoms with van der Waals surface area (Å²) in [7, 11) is -3.28. The number of aromatic nitrogens is 1. The summed E-state index contributed by atoms with van der Waals surface area (Å²) in [5.74, 6) is -3.35. The van der Waals surface area contributed by atoms with Crippen LogP contribution in [0.4, 0.5) is 17.6 Å². The van der Waals surface area contributed by atoms with E-state index in [-0.39, 0.29) is 24.1 Å². The van der Waals surface area contributed by atoms with E-state index in [0.29, 0.717) is 26.0 Å². The minimum Gasteiger partial charge on any atom is -0.475 e. The Morgan fingerprint density at radius 3 is 2.57 bits per heavy atom. The molecular weight excluding hydrogens is 412 g/mol. The molecule has 3 atom stereocenters. The molecule has 0 aromatic carbocycles. The number of alkyl halides is 3. The summed E-state index contributed by atoms with van der Waals surface area (Å²) in [5.41, 5.74) is 0. The van der Waals surface area contributed by atoms with E-state index in [1.807, 2.05) is 0 Å². The summed E-state index contributed by atoms with van der Waals surface area (Å²) in [4.78, 5) is 12.8. The van der Waals surface area contributed by atoms with E-state index in [1.54, 1.807) is 0 Å². The van der Waals surface area contributed by atoms with E-state index >= 15 is 0 Å². The predicted molar refractivity (Wildman–Crippen MR) is 86.6 cm³/mol. The zero-order valence-electron chi connectivity index (χ0n) is 14.6. The van der Waals surface area contributed by atoms with Crippen LogP contribution < -0.4 is 4.74 Å². The maximum atomic E-state index is 13.6. The molecule has 0 unspecified atom stereocenters. The Morgan fingerprint density at radius 1 is 1.39 bits per heavy atom. The quantitative estimate of drug-likeness (QED) is 0.723. The SMILES string of the molecule is CS(=O)(=O)N1CCO[C@H]2[C@@H](Oc3ncccc3F)CC[C@@H]21.O=C(O)C(F)(F)F. The number of carbonyl (C=O) groups is 1. The number of pyridine rings is 1. The summed E-state index contributed by atoms with van der Waals surface area (Å²) in [6.07, 6.45) is -1.95. The van der Waals surface area contributed by atoms with Crippen LogP contribution in [0.15, 0.2) is 18.3 Å². The molecular formula is C15H18F4N2O6S. The molecule has 1 aromatic heterocycles. The second-order valence-electron chi connectivity index (χ2n) is 6.10. The summed E-state index contributed by atoms with van der Waals surface area (Å²) in [5, 5.41) is 7.12. The highest BCUT2D eigenvalue weighted by atomic mass is 32.2. The van der Waals surface area contributed by atoms with Crippen molar-refractivity contribution >= 4 is 16.0 Å². The molecule has 1 saturated carbocycles. The van der Waals surface area contributed by atoms with Gasteiger partial charge in [0, 0.05) is 12.7 Å². The maximum Gasteiger partial charge on any atom is 0.490 e. The first-order chi connectivity index (χ1) is 12.9. The van der Waals surface area contributed by atoms with Gasteiger partial charge in [-0.1, -0.05) is 0 Å². The van der Waals surface area contributed by atoms with Gasteiger partial charge in [-0.05, 0) is 25.0 Å². The third-order valence-electron chi connectivity index (χ3n) is 4.14. The third kappa shape index (κ3) is 5.52. The maximum absolute atomic E-state index is 13.6. The van der Waals surface area contributed by atoms with E-state index in [4.69, 9.17) is 19.4 Å². The van der Waals surface area contributed by atoms with Crippen LogP contribution in [0.2, 0.25) is 0 Å². The van der Waals surface area contributed by atoms with Crippen LogP contribution in [-0.2, 0) is 19.6 Å². The van der Waals surface area contributed by atoms with E-state index < -0.39 is 28.0 Å². The van der Waals surface area contributed by atoms with Gasteiger partial charge in [0.05, 0.1) is 18.9 Å². The van der Waals surface area contributed by atoms with Crippen LogP contribution in [0.1, 0.15) is 12.8 Å². The normalized spacial score (nSPS) is 25.4. The standard InChI is InChI=1S/C13H17FN2O4S.C2HF3O2/c1-21(17,18)16-7-8-19-12-10(16)4-5-11(12)20-13-9(14)3-2-6-15-13;3-2(4,5)1(6)7/h2-3,6,10-12H,4-5,7-8H2,1H3;(H,6,7)/t10-,11-,12+;/m0./s1. The smallest absolute Gasteiger partial charge is 0.475 e. The molecule has 2 heterocycles. The first-order valence-corrected chi connectivity index (χ1v) is 9.92. The van der Waals surface area contributed by atoms with Crippen molar-refractivity contribution < 1.29 is 45.4 Å². The molecule has 0 amide bonds. The number of hydrogen-bond donors (Lipinski definition) is 1. The van der Waals surface area contributed by atoms with Crippen molar-refractivity contribution in [2.24, 2.45) is 0 Å². The first-order valence-electron chi connectivity index (χ1n) is 8.07. The fourth-order valence-electron chi connectivity index (χ4n) is 3.02. The van der Waals surface area contributed by atoms with Crippen molar-refractivity contribution in [1.29, 1.82) is 0 Å². The van der Waals surface area contributed by atoms with Gasteiger partial charge in [0.1, 0.15) is 12.2 Å². The van der Waals surface area contributed by atoms with Gasteiger partial charge in [-0.25, -0.2) is 22.6 Å². The minimum atomic E-state index is -5.08. The first kappa shape index (κ1) is 22.3. The van der Waals surface area contributed by atoms with Crippen LogP contribution in [0, 0.1) is 5.82 Å². The topological polar surface area (TPSA) is 106 Å². The molecule has 8 nitrogen and oxygen atoms in total. The molecule has 1 aliphatic carbocycles. The van der Waals surface area contributed by atoms with Crippen molar-refractivity contribution in [3.8, 4) is 5.88 Å². The Morgan fingerprint density at radius 2 is 2.04 bits per heavy atom. The second kappa shape index (κ2) is 8.57. The summed E-state index contributed by atoms with van der Waals surface area (Å²) >= 11 is 0. The highest BCUT2D eigenvalue weighted by Gasteiger charge is 2.47. The molecule has 0 bridgehead atoms. The minimum absolute atomic E-state index is 0.0665. The molecule has 1 N–H and O–H groups in total. The summed E-state index contributed by atoms with van der Waals surface area (Å²) in [6.45, 7) is 0.670. The number of nitrogens with zero attached hydrogens (tertiary/aromatic N) is 2. The van der Waals surface area contributed by atoms with E-state index in [2.05, 4.69) is 4.98 Å². The molecule has 1 aromatic rings. The number of fused-ring (bicyclic) bond motifs is 1. The largest absolute Gasteiger partial charge is 0.490 e. The Kier molecular flexibility index (Phi) is 6.83. The van der Waals surface area contributed by atoms with Crippen LogP contribution in [-0.4, -0.2) is 72.6 Å². The number of ether oxygens (including phenoxy) is 2. The molecule has 3 rings (SSSR count). The van der Waals surface area contributed by atoms with Gasteiger partial charge in [0.15, 0.2) is 5.82 Å². The number of hydrogen-bond acceptors (Lipinski definition) is 6. The molecule has 0 spiro atoms. The lowest BCUT2D eigenvalue weighted by Crippen LogP contribution is -2.53. The lowest BCUT2D eigenvalue weighted by molar-refractivity contribution is -0.192. The molecule has 2 fully saturated rings. The van der Waals surface area contributed by atoms with Crippen LogP contribution in [0.25, 0.3) is 0 Å². The molecule has 2 aliphatic rings. The van der Waals surface area contributed by atoms with Crippen LogP contribution >= 0.6 is 0 Å². The average Bonchev–Trinajstić information content (AvgIpc) is 2.99. The van der Waals surface area contributed by atoms with E-state index in [0.717, 1.165) is 0 Å². The molecule has 1 saturated heterocycles. The van der Waals surface area contributed by atoms with Crippen LogP contribution in [0.5, 0.6) is 5.88 Å². The molecule has 0 radical (unpaired) electrons. The zero-order valence-corrected chi connectivity index (χ0v) is 15.4. The number of morpholine rings is 1. The van der Waals surface area contributed by atoms with Crippen LogP contribution in [0.3, 0.4) is 0 Å². The van der Waals surface area contributed by atoms with Crippen molar-refractivity contribution in [1.82, 2.24) is 9.29 Å². The number of sulfonamides is 1. The number of rotatable bonds is 3. The monoisotopic (exact) mass is 430 g/mol. The lowest BCUT2D eigenvalue weighted by atomic mass is 10.1. The second-order valence-corrected chi connectivity index (χ2v) is 8.04. The predicted octanol–water partition coefficient (Wildman–Crippen LogP) is 1.42. The Labute approximate surface area is 158 Å². The molecule has 13 heteroatoms. The number of carboxylic acid groups (broad SMARTS) is 1. The van der Waals surface area contributed by atoms with Gasteiger partial charge in [-0.3, -0.25) is 0 Å². The van der Waals surface area contributed by atoms with E-state index in [9.17, 15) is 26.0 Å². The Balaban J connectivity index is 0.000000345. The zero-order chi connectivity index (χ0) is 21.1. The molecule has 1 aliphatic heterocycles. The highest BCUT2D eigenvalue weighted by Crippen LogP contribution is 2.34. The molecule has 158 valence electrons. The number of carboxylic acids is 1. The van der Waals surface area contributed by atoms with Gasteiger partial charge >= 0.3 is 12.1 Å². The van der Waals surface area contributed by atoms with Gasteiger partial charge in [0.25, 0.3) is 5.88 Å². The number of aliphatic carboxylic acids is 1. The van der Waals surface area contributed by atoms with Crippen molar-refractivity contribution in [2.75, 3.05) is 19.4 Å². The summed E-state index contributed by atoms with van der Waals surface area (Å²) in [6, 6.07) is 2.52. The number of halogens is 4. The molecule has 28 heavy (non-hydrogen) atoms. The van der Waals surface area contributed by atoms with Gasteiger partial charge < -0.3 is 14.6 Å². The highest BCUT2D eigenvalue weighted by molar-refractivity contribution is 7.88. The third-order valence-corrected chi connectivity index (χ3v) is 5.45. The average molecular weight is 430 g/mol. The van der Waals surface area contributed by atoms with Crippen molar-refractivity contribution in [2.45, 2.75) is 37.3 Å². The Hall–Kier alpha value is -1.99. The van der Waals surface area contributed by atoms with Gasteiger partial charge in [0.2, 0.25) is 10.0 Å². The lowest BCUT2D eigenvalue weighted by Gasteiger charge is -2.37. The van der Waals surface area contributed by atoms with Crippen molar-refractivity contribution in [3.05, 3.63) is 24.1 Å². The Bertz CT molecular complexity index is 804. The van der Waals surface area contributed by atoms with E-state index in [1.165, 1.54) is 28.9 Å². The van der Waals surface area contributed by atoms with Gasteiger partial charge in [-0.2, -0.15) is 17.5 Å². The van der Waals surface area contributed by atoms with Gasteiger partial charge in [-0.15, -0.1) is 0 Å². The van der Waals surface area contributed by atoms with Crippen molar-refractivity contribution in [3.63, 3.8) is 0 Å². The fraction of sp³-hybridized carbons (Fsp3) is 0.600.